The average molecular weight is 415 g/mol. The van der Waals surface area contributed by atoms with Crippen molar-refractivity contribution in [1.82, 2.24) is 9.47 Å². The number of carbonyl (C=O) groups excluding carboxylic acids is 1. The normalized spacial score (nSPS) is 16.2. The Labute approximate surface area is 174 Å². The van der Waals surface area contributed by atoms with E-state index in [0.29, 0.717) is 29.7 Å². The minimum Gasteiger partial charge on any atom is -0.465 e. The van der Waals surface area contributed by atoms with Crippen LogP contribution in [0.25, 0.3) is 5.69 Å². The zero-order chi connectivity index (χ0) is 19.7. The lowest BCUT2D eigenvalue weighted by Gasteiger charge is -2.29. The van der Waals surface area contributed by atoms with Gasteiger partial charge in [-0.3, -0.25) is 4.90 Å². The first-order chi connectivity index (χ1) is 13.6. The molecule has 28 heavy (non-hydrogen) atoms. The fourth-order valence-electron chi connectivity index (χ4n) is 3.72. The Balaban J connectivity index is 1.81. The molecular weight excluding hydrogens is 395 g/mol. The van der Waals surface area contributed by atoms with Crippen LogP contribution in [0.15, 0.2) is 60.8 Å². The molecule has 2 aromatic carbocycles. The van der Waals surface area contributed by atoms with E-state index in [4.69, 9.17) is 27.9 Å². The fraction of sp³-hybridized carbons (Fsp3) is 0.227. The zero-order valence-electron chi connectivity index (χ0n) is 15.4. The van der Waals surface area contributed by atoms with Crippen molar-refractivity contribution in [3.05, 3.63) is 87.7 Å². The van der Waals surface area contributed by atoms with Gasteiger partial charge in [0, 0.05) is 35.0 Å². The Morgan fingerprint density at radius 3 is 2.75 bits per heavy atom. The predicted octanol–water partition coefficient (Wildman–Crippen LogP) is 5.40. The monoisotopic (exact) mass is 414 g/mol. The number of ether oxygens (including phenoxy) is 1. The van der Waals surface area contributed by atoms with Crippen LogP contribution in [0.4, 0.5) is 0 Å². The van der Waals surface area contributed by atoms with Gasteiger partial charge in [0.15, 0.2) is 0 Å². The van der Waals surface area contributed by atoms with Crippen molar-refractivity contribution in [3.8, 4) is 5.69 Å². The topological polar surface area (TPSA) is 34.5 Å². The first-order valence-corrected chi connectivity index (χ1v) is 9.94. The molecule has 4 nitrogen and oxygen atoms in total. The summed E-state index contributed by atoms with van der Waals surface area (Å²) in [5, 5.41) is 1.17. The number of hydrogen-bond donors (Lipinski definition) is 0. The highest BCUT2D eigenvalue weighted by atomic mass is 35.5. The van der Waals surface area contributed by atoms with E-state index in [0.717, 1.165) is 22.5 Å². The van der Waals surface area contributed by atoms with Gasteiger partial charge >= 0.3 is 5.97 Å². The first kappa shape index (κ1) is 19.1. The van der Waals surface area contributed by atoms with Crippen LogP contribution in [0, 0.1) is 0 Å². The third kappa shape index (κ3) is 3.55. The maximum Gasteiger partial charge on any atom is 0.329 e. The number of aromatic nitrogens is 1. The minimum absolute atomic E-state index is 0.264. The van der Waals surface area contributed by atoms with Crippen LogP contribution in [0.2, 0.25) is 10.0 Å². The summed E-state index contributed by atoms with van der Waals surface area (Å²) in [4.78, 5) is 15.1. The maximum atomic E-state index is 13.0. The molecule has 1 aliphatic heterocycles. The number of nitrogens with zero attached hydrogens (tertiary/aromatic N) is 2. The van der Waals surface area contributed by atoms with Crippen LogP contribution in [0.1, 0.15) is 29.8 Å². The Morgan fingerprint density at radius 2 is 1.96 bits per heavy atom. The smallest absolute Gasteiger partial charge is 0.329 e. The Bertz CT molecular complexity index is 1020. The number of carbonyl (C=O) groups is 1. The van der Waals surface area contributed by atoms with Gasteiger partial charge in [0.1, 0.15) is 6.04 Å². The summed E-state index contributed by atoms with van der Waals surface area (Å²) in [6.45, 7) is 3.25. The van der Waals surface area contributed by atoms with Crippen LogP contribution < -0.4 is 0 Å². The van der Waals surface area contributed by atoms with Crippen molar-refractivity contribution in [2.45, 2.75) is 26.1 Å². The van der Waals surface area contributed by atoms with Crippen molar-refractivity contribution < 1.29 is 9.53 Å². The number of hydrogen-bond acceptors (Lipinski definition) is 3. The van der Waals surface area contributed by atoms with E-state index in [1.165, 1.54) is 0 Å². The van der Waals surface area contributed by atoms with Gasteiger partial charge in [0.2, 0.25) is 0 Å². The Kier molecular flexibility index (Phi) is 5.44. The number of benzene rings is 2. The lowest BCUT2D eigenvalue weighted by molar-refractivity contribution is -0.150. The van der Waals surface area contributed by atoms with E-state index in [9.17, 15) is 4.79 Å². The number of esters is 1. The molecule has 1 unspecified atom stereocenters. The highest BCUT2D eigenvalue weighted by molar-refractivity contribution is 6.35. The van der Waals surface area contributed by atoms with Gasteiger partial charge in [-0.05, 0) is 48.4 Å². The molecule has 0 fully saturated rings. The van der Waals surface area contributed by atoms with E-state index in [2.05, 4.69) is 21.6 Å². The summed E-state index contributed by atoms with van der Waals surface area (Å²) in [6.07, 6.45) is 1.99. The molecular formula is C22H20Cl2N2O2. The number of fused-ring (bicyclic) bond motifs is 3. The van der Waals surface area contributed by atoms with Crippen LogP contribution in [0.3, 0.4) is 0 Å². The summed E-state index contributed by atoms with van der Waals surface area (Å²) in [5.41, 5.74) is 4.00. The minimum atomic E-state index is -0.533. The second kappa shape index (κ2) is 8.00. The SMILES string of the molecule is CCOC(=O)C1c2cccn2-c2ccccc2CN1Cc1ccc(Cl)cc1Cl. The van der Waals surface area contributed by atoms with Crippen LogP contribution in [-0.2, 0) is 22.6 Å². The molecule has 144 valence electrons. The largest absolute Gasteiger partial charge is 0.465 e. The molecule has 0 spiro atoms. The van der Waals surface area contributed by atoms with Crippen molar-refractivity contribution in [2.24, 2.45) is 0 Å². The van der Waals surface area contributed by atoms with Gasteiger partial charge in [-0.2, -0.15) is 0 Å². The van der Waals surface area contributed by atoms with Crippen molar-refractivity contribution >= 4 is 29.2 Å². The number of para-hydroxylation sites is 1. The molecule has 0 amide bonds. The van der Waals surface area contributed by atoms with Gasteiger partial charge < -0.3 is 9.30 Å². The molecule has 3 aromatic rings. The molecule has 1 aliphatic rings. The molecule has 0 N–H and O–H groups in total. The lowest BCUT2D eigenvalue weighted by Crippen LogP contribution is -2.34. The second-order valence-corrected chi connectivity index (χ2v) is 7.57. The molecule has 0 bridgehead atoms. The van der Waals surface area contributed by atoms with E-state index in [1.807, 2.05) is 49.5 Å². The molecule has 6 heteroatoms. The summed E-state index contributed by atoms with van der Waals surface area (Å²) < 4.78 is 7.50. The zero-order valence-corrected chi connectivity index (χ0v) is 17.0. The quantitative estimate of drug-likeness (QED) is 0.535. The summed E-state index contributed by atoms with van der Waals surface area (Å²) >= 11 is 12.5. The Morgan fingerprint density at radius 1 is 1.14 bits per heavy atom. The average Bonchev–Trinajstić information content (AvgIpc) is 3.09. The molecule has 2 heterocycles. The first-order valence-electron chi connectivity index (χ1n) is 9.18. The molecule has 0 saturated heterocycles. The van der Waals surface area contributed by atoms with Gasteiger partial charge in [-0.1, -0.05) is 47.5 Å². The molecule has 0 radical (unpaired) electrons. The van der Waals surface area contributed by atoms with Crippen LogP contribution >= 0.6 is 23.2 Å². The van der Waals surface area contributed by atoms with E-state index >= 15 is 0 Å². The third-order valence-electron chi connectivity index (χ3n) is 4.95. The maximum absolute atomic E-state index is 13.0. The molecule has 4 rings (SSSR count). The molecule has 1 atom stereocenters. The van der Waals surface area contributed by atoms with Crippen LogP contribution in [-0.4, -0.2) is 22.0 Å². The van der Waals surface area contributed by atoms with Crippen molar-refractivity contribution in [1.29, 1.82) is 0 Å². The molecule has 0 aliphatic carbocycles. The second-order valence-electron chi connectivity index (χ2n) is 6.73. The predicted molar refractivity (Wildman–Crippen MR) is 111 cm³/mol. The Hall–Kier alpha value is -2.27. The van der Waals surface area contributed by atoms with Crippen molar-refractivity contribution in [2.75, 3.05) is 6.61 Å². The lowest BCUT2D eigenvalue weighted by atomic mass is 10.1. The van der Waals surface area contributed by atoms with Gasteiger partial charge in [0.05, 0.1) is 12.3 Å². The number of halogens is 2. The van der Waals surface area contributed by atoms with Gasteiger partial charge in [0.25, 0.3) is 0 Å². The highest BCUT2D eigenvalue weighted by Gasteiger charge is 2.35. The fourth-order valence-corrected chi connectivity index (χ4v) is 4.19. The summed E-state index contributed by atoms with van der Waals surface area (Å²) in [7, 11) is 0. The van der Waals surface area contributed by atoms with Crippen LogP contribution in [0.5, 0.6) is 0 Å². The molecule has 1 aromatic heterocycles. The third-order valence-corrected chi connectivity index (χ3v) is 5.54. The number of rotatable bonds is 4. The van der Waals surface area contributed by atoms with Gasteiger partial charge in [-0.25, -0.2) is 4.79 Å². The molecule has 0 saturated carbocycles. The summed E-state index contributed by atoms with van der Waals surface area (Å²) in [6, 6.07) is 17.0. The van der Waals surface area contributed by atoms with E-state index in [-0.39, 0.29) is 5.97 Å². The van der Waals surface area contributed by atoms with E-state index in [1.54, 1.807) is 6.07 Å². The highest BCUT2D eigenvalue weighted by Crippen LogP contribution is 2.35. The van der Waals surface area contributed by atoms with Crippen molar-refractivity contribution in [3.63, 3.8) is 0 Å². The van der Waals surface area contributed by atoms with Gasteiger partial charge in [-0.15, -0.1) is 0 Å². The summed E-state index contributed by atoms with van der Waals surface area (Å²) in [5.74, 6) is -0.264. The van der Waals surface area contributed by atoms with E-state index < -0.39 is 6.04 Å². The standard InChI is InChI=1S/C22H20Cl2N2O2/c1-2-28-22(27)21-20-8-5-11-26(20)19-7-4-3-6-16(19)14-25(21)13-15-9-10-17(23)12-18(15)24/h3-12,21H,2,13-14H2,1H3.